The van der Waals surface area contributed by atoms with Crippen molar-refractivity contribution in [1.82, 2.24) is 5.32 Å². The van der Waals surface area contributed by atoms with Gasteiger partial charge in [-0.25, -0.2) is 0 Å². The first-order valence-corrected chi connectivity index (χ1v) is 5.76. The van der Waals surface area contributed by atoms with Gasteiger partial charge >= 0.3 is 0 Å². The van der Waals surface area contributed by atoms with Crippen molar-refractivity contribution in [2.45, 2.75) is 18.1 Å². The van der Waals surface area contributed by atoms with Gasteiger partial charge in [-0.2, -0.15) is 0 Å². The average Bonchev–Trinajstić information content (AvgIpc) is 2.76. The molecule has 0 bridgehead atoms. The molecule has 0 radical (unpaired) electrons. The number of carbonyl (C=O) groups is 2. The van der Waals surface area contributed by atoms with Crippen LogP contribution in [-0.4, -0.2) is 29.7 Å². The zero-order chi connectivity index (χ0) is 12.6. The zero-order valence-corrected chi connectivity index (χ0v) is 8.60. The Morgan fingerprint density at radius 3 is 2.38 bits per heavy atom. The standard InChI is InChI=1S/C6H10NO8P/c8-4(2-16(12,13)14)7-6(5(9)10)1-3(6)15-11/h3,11H,1-2H2,(H,7,8)(H,9,10)(H2,12,13,14)/p-4. The van der Waals surface area contributed by atoms with E-state index in [9.17, 15) is 34.3 Å². The van der Waals surface area contributed by atoms with Crippen LogP contribution in [0.3, 0.4) is 0 Å². The van der Waals surface area contributed by atoms with Gasteiger partial charge in [0.1, 0.15) is 5.54 Å². The maximum Gasteiger partial charge on any atom is 0.225 e. The fourth-order valence-electron chi connectivity index (χ4n) is 1.21. The number of carboxylic acids is 1. The molecule has 1 aliphatic rings. The van der Waals surface area contributed by atoms with Crippen molar-refractivity contribution in [1.29, 1.82) is 0 Å². The van der Waals surface area contributed by atoms with E-state index in [0.717, 1.165) is 0 Å². The van der Waals surface area contributed by atoms with E-state index in [0.29, 0.717) is 0 Å². The number of carbonyl (C=O) groups excluding carboxylic acids is 2. The maximum absolute atomic E-state index is 10.9. The SMILES string of the molecule is O=C(CP(=O)([O-])[O-])NC1(C(=O)[O-])CC1O[O-]. The Kier molecular flexibility index (Phi) is 3.36. The summed E-state index contributed by atoms with van der Waals surface area (Å²) in [6.45, 7) is 0. The third-order valence-corrected chi connectivity index (χ3v) is 2.75. The molecule has 1 aliphatic carbocycles. The fraction of sp³-hybridized carbons (Fsp3) is 0.667. The van der Waals surface area contributed by atoms with Gasteiger partial charge in [-0.05, 0) is 0 Å². The van der Waals surface area contributed by atoms with Gasteiger partial charge in [-0.1, -0.05) is 7.60 Å². The summed E-state index contributed by atoms with van der Waals surface area (Å²) in [5.74, 6) is -3.08. The molecule has 1 rings (SSSR count). The highest BCUT2D eigenvalue weighted by molar-refractivity contribution is 7.49. The van der Waals surface area contributed by atoms with Crippen molar-refractivity contribution in [2.24, 2.45) is 0 Å². The van der Waals surface area contributed by atoms with Crippen molar-refractivity contribution in [3.05, 3.63) is 0 Å². The lowest BCUT2D eigenvalue weighted by atomic mass is 10.2. The molecular weight excluding hydrogens is 245 g/mol. The number of amides is 1. The number of hydrogen-bond donors (Lipinski definition) is 1. The van der Waals surface area contributed by atoms with Gasteiger partial charge in [0.15, 0.2) is 0 Å². The van der Waals surface area contributed by atoms with Crippen LogP contribution < -0.4 is 25.5 Å². The normalized spacial score (nSPS) is 28.6. The molecule has 1 saturated carbocycles. The Morgan fingerprint density at radius 2 is 2.06 bits per heavy atom. The molecule has 92 valence electrons. The minimum atomic E-state index is -5.08. The number of rotatable bonds is 5. The van der Waals surface area contributed by atoms with Crippen LogP contribution in [-0.2, 0) is 19.0 Å². The molecule has 0 heterocycles. The summed E-state index contributed by atoms with van der Waals surface area (Å²) >= 11 is 0. The molecule has 0 spiro atoms. The molecule has 1 fully saturated rings. The molecule has 0 aromatic rings. The lowest BCUT2D eigenvalue weighted by Crippen LogP contribution is -2.54. The molecule has 0 saturated heterocycles. The topological polar surface area (TPSA) is 165 Å². The van der Waals surface area contributed by atoms with E-state index in [2.05, 4.69) is 4.89 Å². The van der Waals surface area contributed by atoms with Gasteiger partial charge in [0.25, 0.3) is 0 Å². The zero-order valence-electron chi connectivity index (χ0n) is 7.70. The third kappa shape index (κ3) is 2.77. The molecule has 2 atom stereocenters. The van der Waals surface area contributed by atoms with E-state index in [1.54, 1.807) is 5.32 Å². The van der Waals surface area contributed by atoms with Crippen molar-refractivity contribution in [3.63, 3.8) is 0 Å². The average molecular weight is 251 g/mol. The van der Waals surface area contributed by atoms with E-state index < -0.39 is 37.3 Å². The van der Waals surface area contributed by atoms with Gasteiger partial charge in [0.05, 0.1) is 18.2 Å². The van der Waals surface area contributed by atoms with Gasteiger partial charge in [0.2, 0.25) is 5.91 Å². The van der Waals surface area contributed by atoms with Crippen LogP contribution in [0.4, 0.5) is 0 Å². The van der Waals surface area contributed by atoms with Crippen LogP contribution >= 0.6 is 7.60 Å². The van der Waals surface area contributed by atoms with Crippen LogP contribution in [0.2, 0.25) is 0 Å². The predicted octanol–water partition coefficient (Wildman–Crippen LogP) is -5.43. The molecule has 9 nitrogen and oxygen atoms in total. The molecular formula is C6H6NO8P-4. The maximum atomic E-state index is 10.9. The van der Waals surface area contributed by atoms with Crippen LogP contribution in [0.1, 0.15) is 6.42 Å². The minimum absolute atomic E-state index is 0.327. The second-order valence-corrected chi connectivity index (χ2v) is 4.90. The second kappa shape index (κ2) is 4.11. The van der Waals surface area contributed by atoms with Crippen molar-refractivity contribution in [3.8, 4) is 0 Å². The Bertz CT molecular complexity index is 364. The highest BCUT2D eigenvalue weighted by atomic mass is 31.2. The second-order valence-electron chi connectivity index (χ2n) is 3.36. The molecule has 0 aromatic heterocycles. The summed E-state index contributed by atoms with van der Waals surface area (Å²) < 4.78 is 10.2. The smallest absolute Gasteiger partial charge is 0.225 e. The first-order chi connectivity index (χ1) is 7.21. The largest absolute Gasteiger partial charge is 0.810 e. The Balaban J connectivity index is 2.63. The Hall–Kier alpha value is -0.990. The van der Waals surface area contributed by atoms with Crippen molar-refractivity contribution >= 4 is 19.5 Å². The molecule has 1 amide bonds. The molecule has 2 unspecified atom stereocenters. The number of nitrogens with one attached hydrogen (secondary N) is 1. The molecule has 1 N–H and O–H groups in total. The van der Waals surface area contributed by atoms with Crippen molar-refractivity contribution < 1.29 is 39.2 Å². The van der Waals surface area contributed by atoms with Gasteiger partial charge in [0, 0.05) is 6.42 Å². The van der Waals surface area contributed by atoms with E-state index in [-0.39, 0.29) is 6.42 Å². The van der Waals surface area contributed by atoms with Crippen molar-refractivity contribution in [2.75, 3.05) is 6.16 Å². The predicted molar refractivity (Wildman–Crippen MR) is 37.8 cm³/mol. The first kappa shape index (κ1) is 13.1. The Morgan fingerprint density at radius 1 is 1.50 bits per heavy atom. The molecule has 0 aliphatic heterocycles. The number of hydrogen-bond acceptors (Lipinski definition) is 8. The summed E-state index contributed by atoms with van der Waals surface area (Å²) in [6, 6.07) is 0. The van der Waals surface area contributed by atoms with Crippen LogP contribution in [0.5, 0.6) is 0 Å². The number of aliphatic carboxylic acids is 1. The van der Waals surface area contributed by atoms with Gasteiger partial charge in [-0.15, -0.1) is 0 Å². The van der Waals surface area contributed by atoms with E-state index in [4.69, 9.17) is 0 Å². The van der Waals surface area contributed by atoms with E-state index >= 15 is 0 Å². The first-order valence-electron chi connectivity index (χ1n) is 4.03. The monoisotopic (exact) mass is 251 g/mol. The highest BCUT2D eigenvalue weighted by Gasteiger charge is 2.56. The van der Waals surface area contributed by atoms with Gasteiger partial charge in [-0.3, -0.25) is 4.79 Å². The van der Waals surface area contributed by atoms with Gasteiger partial charge < -0.3 is 39.7 Å². The van der Waals surface area contributed by atoms with E-state index in [1.807, 2.05) is 0 Å². The third-order valence-electron chi connectivity index (χ3n) is 2.08. The van der Waals surface area contributed by atoms with Crippen LogP contribution in [0, 0.1) is 0 Å². The summed E-state index contributed by atoms with van der Waals surface area (Å²) in [7, 11) is -5.08. The summed E-state index contributed by atoms with van der Waals surface area (Å²) in [6.07, 6.45) is -3.03. The van der Waals surface area contributed by atoms with Crippen LogP contribution in [0.15, 0.2) is 0 Å². The lowest BCUT2D eigenvalue weighted by Gasteiger charge is -2.30. The van der Waals surface area contributed by atoms with E-state index in [1.165, 1.54) is 0 Å². The fourth-order valence-corrected chi connectivity index (χ4v) is 1.64. The quantitative estimate of drug-likeness (QED) is 0.287. The number of carboxylic acid groups (broad SMARTS) is 1. The minimum Gasteiger partial charge on any atom is -0.810 e. The molecule has 10 heteroatoms. The Labute approximate surface area is 89.1 Å². The molecule has 16 heavy (non-hydrogen) atoms. The summed E-state index contributed by atoms with van der Waals surface area (Å²) in [5.41, 5.74) is -2.02. The molecule has 0 aromatic carbocycles. The van der Waals surface area contributed by atoms with Crippen LogP contribution in [0.25, 0.3) is 0 Å². The summed E-state index contributed by atoms with van der Waals surface area (Å²) in [4.78, 5) is 45.4. The lowest BCUT2D eigenvalue weighted by molar-refractivity contribution is -0.695. The highest BCUT2D eigenvalue weighted by Crippen LogP contribution is 2.38. The summed E-state index contributed by atoms with van der Waals surface area (Å²) in [5, 5.41) is 22.3.